The Bertz CT molecular complexity index is 906. The van der Waals surface area contributed by atoms with Gasteiger partial charge >= 0.3 is 0 Å². The van der Waals surface area contributed by atoms with Gasteiger partial charge in [-0.2, -0.15) is 5.26 Å². The molecule has 0 aliphatic carbocycles. The van der Waals surface area contributed by atoms with Gasteiger partial charge in [0.1, 0.15) is 16.8 Å². The van der Waals surface area contributed by atoms with Crippen molar-refractivity contribution in [3.8, 4) is 23.1 Å². The Morgan fingerprint density at radius 1 is 1.17 bits per heavy atom. The number of ether oxygens (including phenoxy) is 1. The highest BCUT2D eigenvalue weighted by molar-refractivity contribution is 7.11. The lowest BCUT2D eigenvalue weighted by atomic mass is 10.1. The smallest absolute Gasteiger partial charge is 0.134 e. The third-order valence-corrected chi connectivity index (χ3v) is 4.55. The molecule has 0 saturated heterocycles. The van der Waals surface area contributed by atoms with Crippen molar-refractivity contribution in [3.05, 3.63) is 69.5 Å². The number of aromatic nitrogens is 1. The van der Waals surface area contributed by atoms with E-state index in [1.54, 1.807) is 19.2 Å². The molecule has 24 heavy (non-hydrogen) atoms. The maximum atomic E-state index is 9.45. The molecule has 0 aliphatic heterocycles. The molecule has 3 nitrogen and oxygen atoms in total. The number of allylic oxidation sites excluding steroid dienone is 1. The van der Waals surface area contributed by atoms with Crippen molar-refractivity contribution in [3.63, 3.8) is 0 Å². The van der Waals surface area contributed by atoms with E-state index in [0.717, 1.165) is 22.6 Å². The summed E-state index contributed by atoms with van der Waals surface area (Å²) >= 11 is 7.34. The molecule has 1 aromatic heterocycles. The second-order valence-electron chi connectivity index (χ2n) is 4.99. The molecule has 2 aromatic carbocycles. The summed E-state index contributed by atoms with van der Waals surface area (Å²) in [6.45, 7) is 0. The largest absolute Gasteiger partial charge is 0.497 e. The molecule has 3 aromatic rings. The number of nitriles is 1. The third kappa shape index (κ3) is 3.65. The molecule has 0 spiro atoms. The highest BCUT2D eigenvalue weighted by Gasteiger charge is 2.09. The summed E-state index contributed by atoms with van der Waals surface area (Å²) in [5.41, 5.74) is 3.27. The molecule has 0 fully saturated rings. The van der Waals surface area contributed by atoms with E-state index < -0.39 is 0 Å². The van der Waals surface area contributed by atoms with Gasteiger partial charge in [0.05, 0.1) is 18.4 Å². The Balaban J connectivity index is 1.90. The Labute approximate surface area is 149 Å². The molecule has 3 rings (SSSR count). The van der Waals surface area contributed by atoms with Gasteiger partial charge in [0.2, 0.25) is 0 Å². The summed E-state index contributed by atoms with van der Waals surface area (Å²) in [6, 6.07) is 17.2. The van der Waals surface area contributed by atoms with Crippen LogP contribution >= 0.6 is 22.9 Å². The number of nitrogens with zero attached hydrogens (tertiary/aromatic N) is 2. The number of thiazole rings is 1. The van der Waals surface area contributed by atoms with E-state index in [-0.39, 0.29) is 0 Å². The van der Waals surface area contributed by atoms with Crippen molar-refractivity contribution in [2.24, 2.45) is 0 Å². The molecular formula is C19H13ClN2OS. The van der Waals surface area contributed by atoms with Crippen LogP contribution in [-0.4, -0.2) is 12.1 Å². The van der Waals surface area contributed by atoms with E-state index in [4.69, 9.17) is 16.3 Å². The Morgan fingerprint density at radius 3 is 2.50 bits per heavy atom. The first kappa shape index (κ1) is 16.3. The predicted octanol–water partition coefficient (Wildman–Crippen LogP) is 5.54. The summed E-state index contributed by atoms with van der Waals surface area (Å²) in [5, 5.41) is 12.8. The number of hydrogen-bond acceptors (Lipinski definition) is 4. The van der Waals surface area contributed by atoms with Gasteiger partial charge in [-0.1, -0.05) is 23.7 Å². The van der Waals surface area contributed by atoms with Crippen LogP contribution in [0.5, 0.6) is 5.75 Å². The lowest BCUT2D eigenvalue weighted by Crippen LogP contribution is -1.84. The number of rotatable bonds is 4. The minimum atomic E-state index is 0.530. The van der Waals surface area contributed by atoms with E-state index in [1.165, 1.54) is 11.3 Å². The summed E-state index contributed by atoms with van der Waals surface area (Å²) in [4.78, 5) is 4.58. The monoisotopic (exact) mass is 352 g/mol. The third-order valence-electron chi connectivity index (χ3n) is 3.42. The highest BCUT2D eigenvalue weighted by atomic mass is 35.5. The quantitative estimate of drug-likeness (QED) is 0.579. The normalized spacial score (nSPS) is 11.1. The van der Waals surface area contributed by atoms with E-state index in [0.29, 0.717) is 15.6 Å². The summed E-state index contributed by atoms with van der Waals surface area (Å²) in [7, 11) is 1.64. The average molecular weight is 353 g/mol. The van der Waals surface area contributed by atoms with Crippen LogP contribution in [0.1, 0.15) is 10.6 Å². The van der Waals surface area contributed by atoms with Gasteiger partial charge in [-0.25, -0.2) is 4.98 Å². The molecule has 118 valence electrons. The molecule has 0 bridgehead atoms. The van der Waals surface area contributed by atoms with Crippen molar-refractivity contribution in [1.29, 1.82) is 5.26 Å². The van der Waals surface area contributed by atoms with Gasteiger partial charge in [0, 0.05) is 16.0 Å². The van der Waals surface area contributed by atoms with Crippen LogP contribution in [0.15, 0.2) is 53.9 Å². The second kappa shape index (κ2) is 7.31. The number of halogens is 1. The number of benzene rings is 2. The minimum absolute atomic E-state index is 0.530. The zero-order chi connectivity index (χ0) is 16.9. The molecule has 0 unspecified atom stereocenters. The van der Waals surface area contributed by atoms with Crippen molar-refractivity contribution < 1.29 is 4.74 Å². The van der Waals surface area contributed by atoms with Gasteiger partial charge in [-0.05, 0) is 48.0 Å². The molecule has 0 N–H and O–H groups in total. The molecule has 0 radical (unpaired) electrons. The van der Waals surface area contributed by atoms with Crippen molar-refractivity contribution in [2.75, 3.05) is 7.11 Å². The van der Waals surface area contributed by atoms with Crippen LogP contribution in [0.4, 0.5) is 0 Å². The first-order valence-electron chi connectivity index (χ1n) is 7.17. The van der Waals surface area contributed by atoms with Gasteiger partial charge in [-0.15, -0.1) is 11.3 Å². The van der Waals surface area contributed by atoms with Crippen LogP contribution in [-0.2, 0) is 0 Å². The van der Waals surface area contributed by atoms with E-state index in [2.05, 4.69) is 11.1 Å². The molecule has 5 heteroatoms. The van der Waals surface area contributed by atoms with E-state index >= 15 is 0 Å². The van der Waals surface area contributed by atoms with Crippen LogP contribution in [0.3, 0.4) is 0 Å². The summed E-state index contributed by atoms with van der Waals surface area (Å²) in [6.07, 6.45) is 1.81. The zero-order valence-electron chi connectivity index (χ0n) is 12.9. The molecular weight excluding hydrogens is 340 g/mol. The van der Waals surface area contributed by atoms with Gasteiger partial charge in [0.25, 0.3) is 0 Å². The fourth-order valence-corrected chi connectivity index (χ4v) is 3.08. The molecule has 0 atom stereocenters. The van der Waals surface area contributed by atoms with Crippen LogP contribution in [0.2, 0.25) is 5.02 Å². The molecule has 0 amide bonds. The van der Waals surface area contributed by atoms with Crippen molar-refractivity contribution in [2.45, 2.75) is 0 Å². The van der Waals surface area contributed by atoms with E-state index in [9.17, 15) is 5.26 Å². The molecule has 1 heterocycles. The Morgan fingerprint density at radius 2 is 1.88 bits per heavy atom. The average Bonchev–Trinajstić information content (AvgIpc) is 3.11. The van der Waals surface area contributed by atoms with Crippen LogP contribution < -0.4 is 4.74 Å². The fraction of sp³-hybridized carbons (Fsp3) is 0.0526. The van der Waals surface area contributed by atoms with Crippen molar-refractivity contribution >= 4 is 34.6 Å². The molecule has 0 saturated carbocycles. The summed E-state index contributed by atoms with van der Waals surface area (Å²) in [5.74, 6) is 0.801. The lowest BCUT2D eigenvalue weighted by Gasteiger charge is -2.00. The van der Waals surface area contributed by atoms with Crippen LogP contribution in [0, 0.1) is 11.3 Å². The van der Waals surface area contributed by atoms with Crippen molar-refractivity contribution in [1.82, 2.24) is 4.98 Å². The minimum Gasteiger partial charge on any atom is -0.497 e. The van der Waals surface area contributed by atoms with E-state index in [1.807, 2.05) is 47.9 Å². The zero-order valence-corrected chi connectivity index (χ0v) is 14.4. The summed E-state index contributed by atoms with van der Waals surface area (Å²) < 4.78 is 5.16. The molecule has 0 aliphatic rings. The fourth-order valence-electron chi connectivity index (χ4n) is 2.16. The Hall–Kier alpha value is -2.61. The van der Waals surface area contributed by atoms with Gasteiger partial charge in [-0.3, -0.25) is 0 Å². The maximum absolute atomic E-state index is 9.45. The Kier molecular flexibility index (Phi) is 4.95. The van der Waals surface area contributed by atoms with Gasteiger partial charge < -0.3 is 4.74 Å². The second-order valence-corrected chi connectivity index (χ2v) is 6.28. The predicted molar refractivity (Wildman–Crippen MR) is 99.0 cm³/mol. The first-order valence-corrected chi connectivity index (χ1v) is 8.43. The van der Waals surface area contributed by atoms with Crippen LogP contribution in [0.25, 0.3) is 22.9 Å². The topological polar surface area (TPSA) is 45.9 Å². The number of hydrogen-bond donors (Lipinski definition) is 0. The maximum Gasteiger partial charge on any atom is 0.134 e. The first-order chi connectivity index (χ1) is 11.7. The lowest BCUT2D eigenvalue weighted by molar-refractivity contribution is 0.415. The number of methoxy groups -OCH3 is 1. The SMILES string of the molecule is COc1ccc(-c2csc(/C(C#N)=C/c3ccc(Cl)cc3)n2)cc1. The standard InChI is InChI=1S/C19H13ClN2OS/c1-23-17-8-4-14(5-9-17)18-12-24-19(22-18)15(11-21)10-13-2-6-16(20)7-3-13/h2-10,12H,1H3/b15-10+. The highest BCUT2D eigenvalue weighted by Crippen LogP contribution is 2.28. The van der Waals surface area contributed by atoms with Gasteiger partial charge in [0.15, 0.2) is 0 Å².